The lowest BCUT2D eigenvalue weighted by atomic mass is 10.2. The van der Waals surface area contributed by atoms with Crippen LogP contribution >= 0.6 is 34.8 Å². The summed E-state index contributed by atoms with van der Waals surface area (Å²) in [5.74, 6) is -0.250. The number of furan rings is 1. The fourth-order valence-electron chi connectivity index (χ4n) is 2.51. The van der Waals surface area contributed by atoms with Gasteiger partial charge in [0.05, 0.1) is 15.0 Å². The van der Waals surface area contributed by atoms with Crippen molar-refractivity contribution >= 4 is 58.2 Å². The van der Waals surface area contributed by atoms with Gasteiger partial charge >= 0.3 is 0 Å². The van der Waals surface area contributed by atoms with Crippen LogP contribution in [-0.4, -0.2) is 10.8 Å². The molecular weight excluding hydrogens is 453 g/mol. The van der Waals surface area contributed by atoms with Crippen LogP contribution in [0, 0.1) is 21.4 Å². The van der Waals surface area contributed by atoms with Crippen LogP contribution in [0.4, 0.5) is 11.4 Å². The number of nitro benzene ring substituents is 1. The van der Waals surface area contributed by atoms with Gasteiger partial charge in [0.15, 0.2) is 0 Å². The van der Waals surface area contributed by atoms with Gasteiger partial charge < -0.3 is 9.73 Å². The van der Waals surface area contributed by atoms with Crippen LogP contribution in [0.15, 0.2) is 58.5 Å². The van der Waals surface area contributed by atoms with Gasteiger partial charge in [-0.05, 0) is 36.4 Å². The van der Waals surface area contributed by atoms with Gasteiger partial charge in [-0.3, -0.25) is 14.9 Å². The topological polar surface area (TPSA) is 109 Å². The molecule has 0 aliphatic carbocycles. The molecule has 0 aliphatic heterocycles. The van der Waals surface area contributed by atoms with E-state index in [1.54, 1.807) is 36.4 Å². The first-order chi connectivity index (χ1) is 14.3. The largest absolute Gasteiger partial charge is 0.457 e. The van der Waals surface area contributed by atoms with E-state index in [0.717, 1.165) is 6.07 Å². The van der Waals surface area contributed by atoms with Gasteiger partial charge in [-0.2, -0.15) is 5.26 Å². The fourth-order valence-corrected chi connectivity index (χ4v) is 3.07. The van der Waals surface area contributed by atoms with E-state index in [4.69, 9.17) is 39.2 Å². The van der Waals surface area contributed by atoms with Crippen molar-refractivity contribution in [2.75, 3.05) is 5.32 Å². The molecule has 1 aromatic heterocycles. The van der Waals surface area contributed by atoms with Gasteiger partial charge in [0.2, 0.25) is 0 Å². The van der Waals surface area contributed by atoms with Gasteiger partial charge in [0.1, 0.15) is 28.9 Å². The highest BCUT2D eigenvalue weighted by molar-refractivity contribution is 6.43. The van der Waals surface area contributed by atoms with Crippen molar-refractivity contribution in [2.45, 2.75) is 0 Å². The lowest BCUT2D eigenvalue weighted by Crippen LogP contribution is -2.14. The number of carbonyl (C=O) groups excluding carboxylic acids is 1. The van der Waals surface area contributed by atoms with Crippen molar-refractivity contribution in [3.8, 4) is 17.4 Å². The maximum absolute atomic E-state index is 12.4. The van der Waals surface area contributed by atoms with Crippen molar-refractivity contribution in [3.05, 3.63) is 85.0 Å². The number of benzene rings is 2. The Labute approximate surface area is 185 Å². The Bertz CT molecular complexity index is 1230. The first-order valence-corrected chi connectivity index (χ1v) is 9.35. The molecule has 2 aromatic carbocycles. The third kappa shape index (κ3) is 4.63. The Kier molecular flexibility index (Phi) is 6.43. The molecule has 150 valence electrons. The minimum absolute atomic E-state index is 0.0959. The highest BCUT2D eigenvalue weighted by Gasteiger charge is 2.19. The number of nitrogens with one attached hydrogen (secondary N) is 1. The first-order valence-electron chi connectivity index (χ1n) is 8.21. The van der Waals surface area contributed by atoms with Gasteiger partial charge in [0, 0.05) is 22.7 Å². The van der Waals surface area contributed by atoms with Crippen molar-refractivity contribution in [1.29, 1.82) is 5.26 Å². The Balaban J connectivity index is 1.88. The highest BCUT2D eigenvalue weighted by Crippen LogP contribution is 2.34. The lowest BCUT2D eigenvalue weighted by Gasteiger charge is -2.05. The molecule has 0 saturated heterocycles. The van der Waals surface area contributed by atoms with Crippen molar-refractivity contribution in [2.24, 2.45) is 0 Å². The number of halogens is 3. The minimum atomic E-state index is -0.846. The lowest BCUT2D eigenvalue weighted by molar-refractivity contribution is -0.383. The number of anilines is 1. The van der Waals surface area contributed by atoms with E-state index in [9.17, 15) is 20.2 Å². The van der Waals surface area contributed by atoms with E-state index < -0.39 is 16.5 Å². The number of hydrogen-bond acceptors (Lipinski definition) is 5. The highest BCUT2D eigenvalue weighted by atomic mass is 35.5. The Morgan fingerprint density at radius 3 is 2.63 bits per heavy atom. The molecule has 3 aromatic rings. The maximum Gasteiger partial charge on any atom is 0.294 e. The molecule has 0 radical (unpaired) electrons. The number of nitro groups is 1. The zero-order valence-electron chi connectivity index (χ0n) is 14.9. The second-order valence-corrected chi connectivity index (χ2v) is 7.07. The number of amides is 1. The smallest absolute Gasteiger partial charge is 0.294 e. The second-order valence-electron chi connectivity index (χ2n) is 5.85. The molecule has 1 heterocycles. The molecule has 0 unspecified atom stereocenters. The predicted molar refractivity (Wildman–Crippen MR) is 114 cm³/mol. The summed E-state index contributed by atoms with van der Waals surface area (Å²) in [6.45, 7) is 0. The summed E-state index contributed by atoms with van der Waals surface area (Å²) in [5.41, 5.74) is -0.272. The molecule has 0 atom stereocenters. The van der Waals surface area contributed by atoms with Crippen LogP contribution in [0.3, 0.4) is 0 Å². The van der Waals surface area contributed by atoms with Crippen LogP contribution in [0.25, 0.3) is 17.4 Å². The molecule has 7 nitrogen and oxygen atoms in total. The fraction of sp³-hybridized carbons (Fsp3) is 0. The number of rotatable bonds is 5. The van der Waals surface area contributed by atoms with E-state index in [1.165, 1.54) is 18.2 Å². The Morgan fingerprint density at radius 1 is 1.17 bits per heavy atom. The summed E-state index contributed by atoms with van der Waals surface area (Å²) >= 11 is 17.9. The SMILES string of the molecule is N#CC(=Cc1ccc(-c2cccc(Cl)c2Cl)o1)C(=O)Nc1ccc(Cl)cc1[N+](=O)[O-]. The Morgan fingerprint density at radius 2 is 1.93 bits per heavy atom. The summed E-state index contributed by atoms with van der Waals surface area (Å²) in [5, 5.41) is 23.6. The zero-order chi connectivity index (χ0) is 21.8. The molecule has 0 saturated carbocycles. The van der Waals surface area contributed by atoms with E-state index in [2.05, 4.69) is 5.32 Å². The van der Waals surface area contributed by atoms with Crippen molar-refractivity contribution < 1.29 is 14.1 Å². The molecule has 1 N–H and O–H groups in total. The molecule has 0 spiro atoms. The molecule has 10 heteroatoms. The van der Waals surface area contributed by atoms with Gasteiger partial charge in [-0.1, -0.05) is 40.9 Å². The summed E-state index contributed by atoms with van der Waals surface area (Å²) in [7, 11) is 0. The predicted octanol–water partition coefficient (Wildman–Crippen LogP) is 6.36. The van der Waals surface area contributed by atoms with Gasteiger partial charge in [0.25, 0.3) is 11.6 Å². The number of hydrogen-bond donors (Lipinski definition) is 1. The molecule has 1 amide bonds. The zero-order valence-corrected chi connectivity index (χ0v) is 17.1. The van der Waals surface area contributed by atoms with E-state index in [0.29, 0.717) is 21.4 Å². The Hall–Kier alpha value is -3.31. The number of nitrogens with zero attached hydrogens (tertiary/aromatic N) is 2. The van der Waals surface area contributed by atoms with E-state index in [-0.39, 0.29) is 22.0 Å². The van der Waals surface area contributed by atoms with Crippen molar-refractivity contribution in [3.63, 3.8) is 0 Å². The van der Waals surface area contributed by atoms with Crippen LogP contribution in [0.1, 0.15) is 5.76 Å². The number of carbonyl (C=O) groups is 1. The standard InChI is InChI=1S/C20H10Cl3N3O4/c21-12-4-6-16(17(9-12)26(28)29)25-20(27)11(10-24)8-13-5-7-18(30-13)14-2-1-3-15(22)19(14)23/h1-9H,(H,25,27). The summed E-state index contributed by atoms with van der Waals surface area (Å²) in [6, 6.07) is 13.7. The van der Waals surface area contributed by atoms with Crippen molar-refractivity contribution in [1.82, 2.24) is 0 Å². The average molecular weight is 463 g/mol. The third-order valence-electron chi connectivity index (χ3n) is 3.90. The maximum atomic E-state index is 12.4. The van der Waals surface area contributed by atoms with Crippen LogP contribution < -0.4 is 5.32 Å². The van der Waals surface area contributed by atoms with E-state index >= 15 is 0 Å². The van der Waals surface area contributed by atoms with E-state index in [1.807, 2.05) is 0 Å². The molecular formula is C20H10Cl3N3O4. The molecule has 0 aliphatic rings. The van der Waals surface area contributed by atoms with Crippen LogP contribution in [0.5, 0.6) is 0 Å². The third-order valence-corrected chi connectivity index (χ3v) is 4.95. The summed E-state index contributed by atoms with van der Waals surface area (Å²) < 4.78 is 5.64. The molecule has 0 bridgehead atoms. The first kappa shape index (κ1) is 21.4. The normalized spacial score (nSPS) is 11.1. The monoisotopic (exact) mass is 461 g/mol. The van der Waals surface area contributed by atoms with Gasteiger partial charge in [-0.25, -0.2) is 0 Å². The summed E-state index contributed by atoms with van der Waals surface area (Å²) in [4.78, 5) is 22.9. The van der Waals surface area contributed by atoms with Crippen LogP contribution in [0.2, 0.25) is 15.1 Å². The molecule has 30 heavy (non-hydrogen) atoms. The average Bonchev–Trinajstić information content (AvgIpc) is 3.17. The number of nitriles is 1. The molecule has 3 rings (SSSR count). The second kappa shape index (κ2) is 9.01. The van der Waals surface area contributed by atoms with Gasteiger partial charge in [-0.15, -0.1) is 0 Å². The quantitative estimate of drug-likeness (QED) is 0.205. The minimum Gasteiger partial charge on any atom is -0.457 e. The van der Waals surface area contributed by atoms with Crippen LogP contribution in [-0.2, 0) is 4.79 Å². The molecule has 0 fully saturated rings. The summed E-state index contributed by atoms with van der Waals surface area (Å²) in [6.07, 6.45) is 1.21.